The lowest BCUT2D eigenvalue weighted by molar-refractivity contribution is 0.103. The van der Waals surface area contributed by atoms with Gasteiger partial charge in [-0.05, 0) is 48.0 Å². The molecule has 0 aliphatic heterocycles. The maximum Gasteiger partial charge on any atom is 0.203 e. The number of Topliss-reactive ketones (excluding diaryl/α,β-unsaturated/α-hetero) is 1. The van der Waals surface area contributed by atoms with Crippen LogP contribution in [0.15, 0.2) is 84.4 Å². The van der Waals surface area contributed by atoms with E-state index in [0.29, 0.717) is 11.3 Å². The maximum absolute atomic E-state index is 12.6. The van der Waals surface area contributed by atoms with E-state index >= 15 is 0 Å². The van der Waals surface area contributed by atoms with Crippen molar-refractivity contribution in [1.82, 2.24) is 0 Å². The van der Waals surface area contributed by atoms with Crippen molar-refractivity contribution in [2.45, 2.75) is 0 Å². The summed E-state index contributed by atoms with van der Waals surface area (Å²) >= 11 is 0. The van der Waals surface area contributed by atoms with E-state index in [1.807, 2.05) is 60.7 Å². The van der Waals surface area contributed by atoms with Crippen molar-refractivity contribution >= 4 is 23.2 Å². The van der Waals surface area contributed by atoms with E-state index in [-0.39, 0.29) is 11.4 Å². The summed E-state index contributed by atoms with van der Waals surface area (Å²) in [5, 5.41) is 12.7. The number of carbonyl (C=O) groups excluding carboxylic acids is 1. The third-order valence-corrected chi connectivity index (χ3v) is 3.98. The quantitative estimate of drug-likeness (QED) is 0.374. The standard InChI is InChI=1S/C23H18N2O2/c1-27-22-9-5-6-18(15-22)23(26)19(16-24)14-17-10-12-21(13-11-17)25-20-7-3-2-4-8-20/h2-15,25H,1H3/b19-14+. The van der Waals surface area contributed by atoms with Crippen LogP contribution in [0.4, 0.5) is 11.4 Å². The topological polar surface area (TPSA) is 62.1 Å². The molecule has 3 aromatic rings. The largest absolute Gasteiger partial charge is 0.497 e. The molecule has 0 saturated heterocycles. The van der Waals surface area contributed by atoms with Gasteiger partial charge in [0.2, 0.25) is 5.78 Å². The van der Waals surface area contributed by atoms with Crippen molar-refractivity contribution in [2.75, 3.05) is 12.4 Å². The summed E-state index contributed by atoms with van der Waals surface area (Å²) in [6, 6.07) is 26.2. The molecule has 0 heterocycles. The first-order valence-corrected chi connectivity index (χ1v) is 8.42. The molecular weight excluding hydrogens is 336 g/mol. The lowest BCUT2D eigenvalue weighted by Gasteiger charge is -2.06. The van der Waals surface area contributed by atoms with Gasteiger partial charge in [0.25, 0.3) is 0 Å². The third-order valence-electron chi connectivity index (χ3n) is 3.98. The lowest BCUT2D eigenvalue weighted by atomic mass is 10.0. The molecule has 0 amide bonds. The van der Waals surface area contributed by atoms with Gasteiger partial charge in [-0.3, -0.25) is 4.79 Å². The Balaban J connectivity index is 1.79. The normalized spacial score (nSPS) is 10.7. The Kier molecular flexibility index (Phi) is 5.66. The van der Waals surface area contributed by atoms with Crippen LogP contribution in [0.3, 0.4) is 0 Å². The van der Waals surface area contributed by atoms with Crippen LogP contribution in [0, 0.1) is 11.3 Å². The number of ether oxygens (including phenoxy) is 1. The van der Waals surface area contributed by atoms with Gasteiger partial charge in [-0.25, -0.2) is 0 Å². The zero-order valence-electron chi connectivity index (χ0n) is 14.8. The third kappa shape index (κ3) is 4.62. The van der Waals surface area contributed by atoms with Crippen LogP contribution in [0.2, 0.25) is 0 Å². The second-order valence-electron chi connectivity index (χ2n) is 5.84. The second kappa shape index (κ2) is 8.50. The van der Waals surface area contributed by atoms with E-state index in [0.717, 1.165) is 16.9 Å². The van der Waals surface area contributed by atoms with Gasteiger partial charge in [0.1, 0.15) is 17.4 Å². The minimum Gasteiger partial charge on any atom is -0.497 e. The summed E-state index contributed by atoms with van der Waals surface area (Å²) in [4.78, 5) is 12.6. The predicted molar refractivity (Wildman–Crippen MR) is 107 cm³/mol. The number of carbonyl (C=O) groups is 1. The molecule has 0 radical (unpaired) electrons. The van der Waals surface area contributed by atoms with Crippen LogP contribution in [-0.2, 0) is 0 Å². The molecule has 0 fully saturated rings. The Morgan fingerprint density at radius 3 is 2.33 bits per heavy atom. The molecule has 4 nitrogen and oxygen atoms in total. The van der Waals surface area contributed by atoms with E-state index < -0.39 is 0 Å². The highest BCUT2D eigenvalue weighted by molar-refractivity contribution is 6.14. The number of hydrogen-bond donors (Lipinski definition) is 1. The SMILES string of the molecule is COc1cccc(C(=O)/C(C#N)=C/c2ccc(Nc3ccccc3)cc2)c1. The van der Waals surface area contributed by atoms with E-state index in [1.54, 1.807) is 30.3 Å². The molecule has 0 atom stereocenters. The smallest absolute Gasteiger partial charge is 0.203 e. The highest BCUT2D eigenvalue weighted by atomic mass is 16.5. The van der Waals surface area contributed by atoms with Gasteiger partial charge in [-0.15, -0.1) is 0 Å². The molecule has 132 valence electrons. The van der Waals surface area contributed by atoms with Crippen molar-refractivity contribution in [3.63, 3.8) is 0 Å². The predicted octanol–water partition coefficient (Wildman–Crippen LogP) is 5.23. The summed E-state index contributed by atoms with van der Waals surface area (Å²) in [5.41, 5.74) is 3.20. The second-order valence-corrected chi connectivity index (χ2v) is 5.84. The number of nitriles is 1. The minimum atomic E-state index is -0.331. The number of nitrogens with zero attached hydrogens (tertiary/aromatic N) is 1. The highest BCUT2D eigenvalue weighted by Crippen LogP contribution is 2.20. The zero-order valence-corrected chi connectivity index (χ0v) is 14.8. The molecule has 0 saturated carbocycles. The first-order chi connectivity index (χ1) is 13.2. The van der Waals surface area contributed by atoms with Gasteiger partial charge in [0, 0.05) is 16.9 Å². The van der Waals surface area contributed by atoms with Gasteiger partial charge in [0.15, 0.2) is 0 Å². The molecule has 3 aromatic carbocycles. The van der Waals surface area contributed by atoms with Crippen LogP contribution >= 0.6 is 0 Å². The fraction of sp³-hybridized carbons (Fsp3) is 0.0435. The molecule has 0 unspecified atom stereocenters. The van der Waals surface area contributed by atoms with E-state index in [4.69, 9.17) is 4.74 Å². The van der Waals surface area contributed by atoms with Crippen LogP contribution in [-0.4, -0.2) is 12.9 Å². The Bertz CT molecular complexity index is 1000. The number of nitrogens with one attached hydrogen (secondary N) is 1. The van der Waals surface area contributed by atoms with E-state index in [9.17, 15) is 10.1 Å². The molecule has 0 aliphatic rings. The molecule has 1 N–H and O–H groups in total. The molecular formula is C23H18N2O2. The fourth-order valence-corrected chi connectivity index (χ4v) is 2.59. The number of ketones is 1. The number of hydrogen-bond acceptors (Lipinski definition) is 4. The first-order valence-electron chi connectivity index (χ1n) is 8.42. The van der Waals surface area contributed by atoms with Crippen LogP contribution in [0.5, 0.6) is 5.75 Å². The van der Waals surface area contributed by atoms with Crippen molar-refractivity contribution in [3.8, 4) is 11.8 Å². The van der Waals surface area contributed by atoms with Gasteiger partial charge in [-0.1, -0.05) is 42.5 Å². The molecule has 0 bridgehead atoms. The Morgan fingerprint density at radius 2 is 1.67 bits per heavy atom. The summed E-state index contributed by atoms with van der Waals surface area (Å²) in [7, 11) is 1.54. The van der Waals surface area contributed by atoms with Crippen molar-refractivity contribution in [3.05, 3.63) is 95.6 Å². The van der Waals surface area contributed by atoms with Gasteiger partial charge < -0.3 is 10.1 Å². The Hall–Kier alpha value is -3.84. The zero-order chi connectivity index (χ0) is 19.1. The molecule has 0 aliphatic carbocycles. The summed E-state index contributed by atoms with van der Waals surface area (Å²) < 4.78 is 5.14. The van der Waals surface area contributed by atoms with Gasteiger partial charge in [-0.2, -0.15) is 5.26 Å². The lowest BCUT2D eigenvalue weighted by Crippen LogP contribution is -2.02. The fourth-order valence-electron chi connectivity index (χ4n) is 2.59. The Morgan fingerprint density at radius 1 is 0.963 bits per heavy atom. The molecule has 4 heteroatoms. The molecule has 0 spiro atoms. The average molecular weight is 354 g/mol. The average Bonchev–Trinajstić information content (AvgIpc) is 2.73. The Labute approximate surface area is 158 Å². The van der Waals surface area contributed by atoms with E-state index in [2.05, 4.69) is 5.32 Å². The summed E-state index contributed by atoms with van der Waals surface area (Å²) in [6.07, 6.45) is 1.59. The van der Waals surface area contributed by atoms with E-state index in [1.165, 1.54) is 7.11 Å². The van der Waals surface area contributed by atoms with Crippen LogP contribution in [0.25, 0.3) is 6.08 Å². The highest BCUT2D eigenvalue weighted by Gasteiger charge is 2.13. The number of anilines is 2. The number of para-hydroxylation sites is 1. The molecule has 3 rings (SSSR count). The van der Waals surface area contributed by atoms with Crippen molar-refractivity contribution in [2.24, 2.45) is 0 Å². The monoisotopic (exact) mass is 354 g/mol. The summed E-state index contributed by atoms with van der Waals surface area (Å²) in [6.45, 7) is 0. The van der Waals surface area contributed by atoms with Crippen molar-refractivity contribution in [1.29, 1.82) is 5.26 Å². The number of methoxy groups -OCH3 is 1. The first kappa shape index (κ1) is 18.0. The maximum atomic E-state index is 12.6. The minimum absolute atomic E-state index is 0.0759. The molecule has 27 heavy (non-hydrogen) atoms. The van der Waals surface area contributed by atoms with Gasteiger partial charge >= 0.3 is 0 Å². The van der Waals surface area contributed by atoms with Crippen molar-refractivity contribution < 1.29 is 9.53 Å². The molecule has 0 aromatic heterocycles. The number of benzene rings is 3. The van der Waals surface area contributed by atoms with Crippen LogP contribution in [0.1, 0.15) is 15.9 Å². The summed E-state index contributed by atoms with van der Waals surface area (Å²) in [5.74, 6) is 0.248. The van der Waals surface area contributed by atoms with Crippen LogP contribution < -0.4 is 10.1 Å². The van der Waals surface area contributed by atoms with Gasteiger partial charge in [0.05, 0.1) is 7.11 Å². The number of allylic oxidation sites excluding steroid dienone is 1. The number of rotatable bonds is 6.